The maximum absolute atomic E-state index is 6.07. The van der Waals surface area contributed by atoms with Crippen LogP contribution in [0.5, 0.6) is 0 Å². The van der Waals surface area contributed by atoms with Crippen LogP contribution in [0.3, 0.4) is 0 Å². The van der Waals surface area contributed by atoms with Crippen molar-refractivity contribution in [2.24, 2.45) is 0 Å². The van der Waals surface area contributed by atoms with E-state index in [1.807, 2.05) is 13.0 Å². The molecule has 3 aromatic heterocycles. The van der Waals surface area contributed by atoms with Crippen molar-refractivity contribution in [3.63, 3.8) is 0 Å². The number of imidazole rings is 1. The quantitative estimate of drug-likeness (QED) is 0.704. The average Bonchev–Trinajstić information content (AvgIpc) is 2.83. The number of thiophene rings is 1. The van der Waals surface area contributed by atoms with Crippen molar-refractivity contribution in [3.05, 3.63) is 28.3 Å². The van der Waals surface area contributed by atoms with Gasteiger partial charge in [0.2, 0.25) is 0 Å². The van der Waals surface area contributed by atoms with Gasteiger partial charge in [-0.3, -0.25) is 0 Å². The summed E-state index contributed by atoms with van der Waals surface area (Å²) in [5, 5.41) is 0.807. The first-order chi connectivity index (χ1) is 8.58. The summed E-state index contributed by atoms with van der Waals surface area (Å²) in [4.78, 5) is 13.4. The molecule has 0 aliphatic rings. The zero-order chi connectivity index (χ0) is 12.9. The van der Waals surface area contributed by atoms with Gasteiger partial charge in [0.05, 0.1) is 16.1 Å². The lowest BCUT2D eigenvalue weighted by molar-refractivity contribution is 1.29. The number of H-pyrrole nitrogens is 1. The van der Waals surface area contributed by atoms with Crippen LogP contribution in [0.2, 0.25) is 0 Å². The fourth-order valence-electron chi connectivity index (χ4n) is 2.10. The van der Waals surface area contributed by atoms with Crippen molar-refractivity contribution in [3.8, 4) is 11.4 Å². The molecular formula is C13H14N4S. The van der Waals surface area contributed by atoms with Crippen molar-refractivity contribution in [1.82, 2.24) is 15.0 Å². The fourth-order valence-corrected chi connectivity index (χ4v) is 3.04. The molecule has 0 aliphatic carbocycles. The second kappa shape index (κ2) is 3.81. The molecule has 0 spiro atoms. The largest absolute Gasteiger partial charge is 0.390 e. The molecule has 18 heavy (non-hydrogen) atoms. The highest BCUT2D eigenvalue weighted by Crippen LogP contribution is 2.37. The zero-order valence-electron chi connectivity index (χ0n) is 10.5. The zero-order valence-corrected chi connectivity index (χ0v) is 11.4. The molecule has 0 unspecified atom stereocenters. The molecule has 4 nitrogen and oxygen atoms in total. The summed E-state index contributed by atoms with van der Waals surface area (Å²) in [6, 6.07) is 1.97. The SMILES string of the molecule is Cc1sc(N)c(-c2nc3nccc(C)c3[nH]2)c1C. The van der Waals surface area contributed by atoms with Crippen LogP contribution in [0.25, 0.3) is 22.6 Å². The van der Waals surface area contributed by atoms with Gasteiger partial charge in [-0.1, -0.05) is 0 Å². The predicted octanol–water partition coefficient (Wildman–Crippen LogP) is 3.19. The van der Waals surface area contributed by atoms with Crippen LogP contribution in [0.15, 0.2) is 12.3 Å². The van der Waals surface area contributed by atoms with Crippen LogP contribution in [0, 0.1) is 20.8 Å². The molecule has 0 atom stereocenters. The van der Waals surface area contributed by atoms with Gasteiger partial charge in [-0.2, -0.15) is 0 Å². The van der Waals surface area contributed by atoms with E-state index in [1.54, 1.807) is 17.5 Å². The Hall–Kier alpha value is -1.88. The number of nitrogens with one attached hydrogen (secondary N) is 1. The Morgan fingerprint density at radius 2 is 2.06 bits per heavy atom. The van der Waals surface area contributed by atoms with Crippen molar-refractivity contribution >= 4 is 27.5 Å². The molecule has 3 heterocycles. The van der Waals surface area contributed by atoms with Gasteiger partial charge in [-0.05, 0) is 38.0 Å². The van der Waals surface area contributed by atoms with Gasteiger partial charge in [0.15, 0.2) is 5.65 Å². The second-order valence-electron chi connectivity index (χ2n) is 4.43. The third-order valence-electron chi connectivity index (χ3n) is 3.25. The summed E-state index contributed by atoms with van der Waals surface area (Å²) in [6.07, 6.45) is 1.78. The number of nitrogen functional groups attached to an aromatic ring is 1. The first kappa shape index (κ1) is 11.2. The van der Waals surface area contributed by atoms with E-state index >= 15 is 0 Å². The number of rotatable bonds is 1. The number of aromatic nitrogens is 3. The van der Waals surface area contributed by atoms with E-state index in [9.17, 15) is 0 Å². The van der Waals surface area contributed by atoms with Crippen LogP contribution in [-0.4, -0.2) is 15.0 Å². The van der Waals surface area contributed by atoms with E-state index in [2.05, 4.69) is 28.8 Å². The van der Waals surface area contributed by atoms with Crippen LogP contribution in [0.1, 0.15) is 16.0 Å². The number of nitrogens with zero attached hydrogens (tertiary/aromatic N) is 2. The monoisotopic (exact) mass is 258 g/mol. The number of hydrogen-bond donors (Lipinski definition) is 2. The maximum atomic E-state index is 6.07. The summed E-state index contributed by atoms with van der Waals surface area (Å²) in [7, 11) is 0. The third kappa shape index (κ3) is 1.51. The van der Waals surface area contributed by atoms with E-state index in [4.69, 9.17) is 5.73 Å². The highest BCUT2D eigenvalue weighted by Gasteiger charge is 2.16. The Morgan fingerprint density at radius 1 is 1.28 bits per heavy atom. The molecule has 0 aliphatic heterocycles. The Kier molecular flexibility index (Phi) is 2.38. The lowest BCUT2D eigenvalue weighted by Crippen LogP contribution is -1.88. The molecule has 0 aromatic carbocycles. The maximum Gasteiger partial charge on any atom is 0.178 e. The Labute approximate surface area is 109 Å². The molecule has 0 saturated heterocycles. The van der Waals surface area contributed by atoms with E-state index in [-0.39, 0.29) is 0 Å². The number of aromatic amines is 1. The molecule has 0 amide bonds. The number of anilines is 1. The van der Waals surface area contributed by atoms with E-state index in [0.717, 1.165) is 33.1 Å². The molecular weight excluding hydrogens is 244 g/mol. The minimum atomic E-state index is 0.743. The molecule has 0 radical (unpaired) electrons. The predicted molar refractivity (Wildman–Crippen MR) is 75.8 cm³/mol. The number of fused-ring (bicyclic) bond motifs is 1. The number of hydrogen-bond acceptors (Lipinski definition) is 4. The summed E-state index contributed by atoms with van der Waals surface area (Å²) in [6.45, 7) is 6.19. The number of pyridine rings is 1. The van der Waals surface area contributed by atoms with Crippen molar-refractivity contribution < 1.29 is 0 Å². The lowest BCUT2D eigenvalue weighted by Gasteiger charge is -1.97. The van der Waals surface area contributed by atoms with Gasteiger partial charge in [-0.25, -0.2) is 9.97 Å². The molecule has 0 fully saturated rings. The van der Waals surface area contributed by atoms with Crippen LogP contribution in [-0.2, 0) is 0 Å². The summed E-state index contributed by atoms with van der Waals surface area (Å²) in [5.41, 5.74) is 11.1. The molecule has 3 N–H and O–H groups in total. The minimum Gasteiger partial charge on any atom is -0.390 e. The van der Waals surface area contributed by atoms with Crippen LogP contribution < -0.4 is 5.73 Å². The highest BCUT2D eigenvalue weighted by molar-refractivity contribution is 7.16. The minimum absolute atomic E-state index is 0.743. The van der Waals surface area contributed by atoms with Gasteiger partial charge in [0.25, 0.3) is 0 Å². The standard InChI is InChI=1S/C13H14N4S/c1-6-4-5-15-13-10(6)16-12(17-13)9-7(2)8(3)18-11(9)14/h4-5H,14H2,1-3H3,(H,15,16,17). The summed E-state index contributed by atoms with van der Waals surface area (Å²) < 4.78 is 0. The summed E-state index contributed by atoms with van der Waals surface area (Å²) >= 11 is 1.60. The third-order valence-corrected chi connectivity index (χ3v) is 4.29. The molecule has 3 aromatic rings. The topological polar surface area (TPSA) is 67.6 Å². The Morgan fingerprint density at radius 3 is 2.67 bits per heavy atom. The van der Waals surface area contributed by atoms with Gasteiger partial charge in [-0.15, -0.1) is 11.3 Å². The van der Waals surface area contributed by atoms with E-state index in [1.165, 1.54) is 10.4 Å². The Bertz CT molecular complexity index is 739. The van der Waals surface area contributed by atoms with Crippen molar-refractivity contribution in [1.29, 1.82) is 0 Å². The van der Waals surface area contributed by atoms with E-state index < -0.39 is 0 Å². The first-order valence-electron chi connectivity index (χ1n) is 5.75. The highest BCUT2D eigenvalue weighted by atomic mass is 32.1. The number of nitrogens with two attached hydrogens (primary N) is 1. The molecule has 5 heteroatoms. The molecule has 92 valence electrons. The fraction of sp³-hybridized carbons (Fsp3) is 0.231. The second-order valence-corrected chi connectivity index (χ2v) is 5.69. The van der Waals surface area contributed by atoms with Gasteiger partial charge in [0.1, 0.15) is 5.82 Å². The lowest BCUT2D eigenvalue weighted by atomic mass is 10.1. The normalized spacial score (nSPS) is 11.3. The number of aryl methyl sites for hydroxylation is 2. The van der Waals surface area contributed by atoms with Gasteiger partial charge in [0, 0.05) is 11.1 Å². The van der Waals surface area contributed by atoms with Gasteiger partial charge < -0.3 is 10.7 Å². The van der Waals surface area contributed by atoms with Gasteiger partial charge >= 0.3 is 0 Å². The molecule has 0 bridgehead atoms. The van der Waals surface area contributed by atoms with E-state index in [0.29, 0.717) is 0 Å². The summed E-state index contributed by atoms with van der Waals surface area (Å²) in [5.74, 6) is 0.811. The molecule has 0 saturated carbocycles. The Balaban J connectivity index is 2.29. The first-order valence-corrected chi connectivity index (χ1v) is 6.56. The smallest absolute Gasteiger partial charge is 0.178 e. The average molecular weight is 258 g/mol. The van der Waals surface area contributed by atoms with Crippen molar-refractivity contribution in [2.75, 3.05) is 5.73 Å². The van der Waals surface area contributed by atoms with Crippen LogP contribution in [0.4, 0.5) is 5.00 Å². The van der Waals surface area contributed by atoms with Crippen LogP contribution >= 0.6 is 11.3 Å². The molecule has 3 rings (SSSR count). The van der Waals surface area contributed by atoms with Crippen molar-refractivity contribution in [2.45, 2.75) is 20.8 Å².